The van der Waals surface area contributed by atoms with Gasteiger partial charge in [0.05, 0.1) is 11.6 Å². The van der Waals surface area contributed by atoms with Crippen LogP contribution in [0.5, 0.6) is 11.5 Å². The summed E-state index contributed by atoms with van der Waals surface area (Å²) in [5, 5.41) is 21.1. The third kappa shape index (κ3) is 6.46. The van der Waals surface area contributed by atoms with E-state index in [0.717, 1.165) is 23.0 Å². The normalized spacial score (nSPS) is 15.9. The summed E-state index contributed by atoms with van der Waals surface area (Å²) in [6.45, 7) is 1.59. The molecule has 45 heavy (non-hydrogen) atoms. The molecule has 12 heteroatoms. The molecular formula is C33H22Cl2FN3O4S2. The summed E-state index contributed by atoms with van der Waals surface area (Å²) < 4.78 is 21.1. The number of aliphatic hydroxyl groups is 1. The van der Waals surface area contributed by atoms with Gasteiger partial charge in [-0.05, 0) is 66.1 Å². The highest BCUT2D eigenvalue weighted by Crippen LogP contribution is 2.45. The number of para-hydroxylation sites is 1. The maximum Gasteiger partial charge on any atom is 0.301 e. The third-order valence-electron chi connectivity index (χ3n) is 7.01. The Labute approximate surface area is 275 Å². The molecule has 1 N–H and O–H groups in total. The van der Waals surface area contributed by atoms with Crippen molar-refractivity contribution in [3.05, 3.63) is 135 Å². The Balaban J connectivity index is 1.40. The van der Waals surface area contributed by atoms with Crippen LogP contribution in [0.1, 0.15) is 28.3 Å². The Hall–Kier alpha value is -4.22. The van der Waals surface area contributed by atoms with Crippen LogP contribution in [0.15, 0.2) is 101 Å². The highest BCUT2D eigenvalue weighted by Gasteiger charge is 2.48. The Kier molecular flexibility index (Phi) is 8.91. The van der Waals surface area contributed by atoms with E-state index in [0.29, 0.717) is 42.8 Å². The third-order valence-corrected chi connectivity index (χ3v) is 9.70. The number of nitrogens with zero attached hydrogens (tertiary/aromatic N) is 3. The van der Waals surface area contributed by atoms with Crippen molar-refractivity contribution >= 4 is 68.9 Å². The van der Waals surface area contributed by atoms with E-state index in [1.54, 1.807) is 55.5 Å². The number of aliphatic hydroxyl groups excluding tert-OH is 1. The van der Waals surface area contributed by atoms with E-state index in [2.05, 4.69) is 10.2 Å². The van der Waals surface area contributed by atoms with Crippen LogP contribution in [0.25, 0.3) is 5.76 Å². The molecule has 1 atom stereocenters. The topological polar surface area (TPSA) is 92.6 Å². The molecule has 0 spiro atoms. The van der Waals surface area contributed by atoms with Gasteiger partial charge in [-0.15, -0.1) is 10.2 Å². The maximum atomic E-state index is 14.5. The zero-order valence-electron chi connectivity index (χ0n) is 23.4. The first-order valence-electron chi connectivity index (χ1n) is 13.5. The van der Waals surface area contributed by atoms with Crippen molar-refractivity contribution in [1.82, 2.24) is 10.2 Å². The van der Waals surface area contributed by atoms with Crippen molar-refractivity contribution in [2.45, 2.75) is 23.1 Å². The van der Waals surface area contributed by atoms with Crippen molar-refractivity contribution in [3.8, 4) is 11.5 Å². The molecule has 4 aromatic carbocycles. The number of hydrogen-bond donors (Lipinski definition) is 1. The van der Waals surface area contributed by atoms with Crippen LogP contribution in [-0.2, 0) is 15.3 Å². The molecule has 1 aliphatic heterocycles. The second-order valence-corrected chi connectivity index (χ2v) is 13.0. The number of ketones is 1. The largest absolute Gasteiger partial charge is 0.507 e. The summed E-state index contributed by atoms with van der Waals surface area (Å²) >= 11 is 14.8. The minimum atomic E-state index is -1.11. The van der Waals surface area contributed by atoms with E-state index in [1.807, 2.05) is 24.3 Å². The van der Waals surface area contributed by atoms with Gasteiger partial charge in [0, 0.05) is 21.4 Å². The number of ether oxygens (including phenoxy) is 1. The van der Waals surface area contributed by atoms with E-state index in [1.165, 1.54) is 28.8 Å². The lowest BCUT2D eigenvalue weighted by molar-refractivity contribution is -0.132. The smallest absolute Gasteiger partial charge is 0.301 e. The van der Waals surface area contributed by atoms with Crippen LogP contribution in [0, 0.1) is 12.7 Å². The minimum Gasteiger partial charge on any atom is -0.507 e. The van der Waals surface area contributed by atoms with Crippen LogP contribution >= 0.6 is 46.3 Å². The fourth-order valence-electron chi connectivity index (χ4n) is 4.75. The number of rotatable bonds is 8. The van der Waals surface area contributed by atoms with Crippen molar-refractivity contribution in [3.63, 3.8) is 0 Å². The number of aromatic nitrogens is 2. The Morgan fingerprint density at radius 1 is 0.978 bits per heavy atom. The molecule has 5 aromatic rings. The van der Waals surface area contributed by atoms with Gasteiger partial charge in [-0.1, -0.05) is 94.8 Å². The van der Waals surface area contributed by atoms with Gasteiger partial charge in [0.1, 0.15) is 23.1 Å². The molecule has 2 heterocycles. The van der Waals surface area contributed by atoms with Gasteiger partial charge in [0.2, 0.25) is 5.13 Å². The average molecular weight is 679 g/mol. The Bertz CT molecular complexity index is 1970. The summed E-state index contributed by atoms with van der Waals surface area (Å²) in [5.41, 5.74) is 1.52. The van der Waals surface area contributed by atoms with E-state index >= 15 is 0 Å². The molecule has 1 aliphatic rings. The number of carbonyl (C=O) groups is 2. The summed E-state index contributed by atoms with van der Waals surface area (Å²) in [5.74, 6) is -1.42. The highest BCUT2D eigenvalue weighted by atomic mass is 35.5. The quantitative estimate of drug-likeness (QED) is 0.0576. The Morgan fingerprint density at radius 3 is 2.51 bits per heavy atom. The lowest BCUT2D eigenvalue weighted by atomic mass is 9.95. The van der Waals surface area contributed by atoms with Crippen molar-refractivity contribution in [2.24, 2.45) is 0 Å². The zero-order chi connectivity index (χ0) is 31.7. The molecule has 0 unspecified atom stereocenters. The predicted octanol–water partition coefficient (Wildman–Crippen LogP) is 9.00. The summed E-state index contributed by atoms with van der Waals surface area (Å²) in [6.07, 6.45) is 0. The van der Waals surface area contributed by atoms with Gasteiger partial charge in [0.25, 0.3) is 5.78 Å². The molecular weight excluding hydrogens is 656 g/mol. The van der Waals surface area contributed by atoms with E-state index in [-0.39, 0.29) is 16.3 Å². The molecule has 0 radical (unpaired) electrons. The number of anilines is 1. The predicted molar refractivity (Wildman–Crippen MR) is 175 cm³/mol. The Morgan fingerprint density at radius 2 is 1.76 bits per heavy atom. The molecule has 0 aliphatic carbocycles. The monoisotopic (exact) mass is 677 g/mol. The van der Waals surface area contributed by atoms with Gasteiger partial charge < -0.3 is 9.84 Å². The molecule has 1 aromatic heterocycles. The second-order valence-electron chi connectivity index (χ2n) is 10.00. The fraction of sp³-hybridized carbons (Fsp3) is 0.0909. The molecule has 1 amide bonds. The molecule has 7 nitrogen and oxygen atoms in total. The molecule has 6 rings (SSSR count). The lowest BCUT2D eigenvalue weighted by Crippen LogP contribution is -2.29. The number of carbonyl (C=O) groups excluding carboxylic acids is 2. The van der Waals surface area contributed by atoms with Crippen molar-refractivity contribution < 1.29 is 23.8 Å². The number of thioether (sulfide) groups is 1. The lowest BCUT2D eigenvalue weighted by Gasteiger charge is -2.23. The van der Waals surface area contributed by atoms with Crippen molar-refractivity contribution in [1.29, 1.82) is 0 Å². The SMILES string of the molecule is Cc1ccc(C(O)=C2C(=O)C(=O)N(c3nnc(SCc4ccc(Cl)cc4Cl)s3)[C@H]2c2cccc(Oc3ccccc3)c2)cc1F. The van der Waals surface area contributed by atoms with Crippen LogP contribution in [0.4, 0.5) is 9.52 Å². The minimum absolute atomic E-state index is 0.0612. The molecule has 226 valence electrons. The van der Waals surface area contributed by atoms with Crippen LogP contribution in [0.2, 0.25) is 10.0 Å². The standard InChI is InChI=1S/C33H22Cl2FN3O4S2/c1-18-10-11-20(15-26(18)36)29(40)27-28(19-6-5-9-24(14-19)43-23-7-3-2-4-8-23)39(31(42)30(27)41)32-37-38-33(45-32)44-17-21-12-13-22(34)16-25(21)35/h2-16,28,40H,17H2,1H3/t28-/m0/s1. The number of hydrogen-bond acceptors (Lipinski definition) is 8. The summed E-state index contributed by atoms with van der Waals surface area (Å²) in [7, 11) is 0. The van der Waals surface area contributed by atoms with E-state index in [9.17, 15) is 19.1 Å². The highest BCUT2D eigenvalue weighted by molar-refractivity contribution is 8.00. The first kappa shape index (κ1) is 30.8. The molecule has 1 fully saturated rings. The van der Waals surface area contributed by atoms with E-state index in [4.69, 9.17) is 27.9 Å². The summed E-state index contributed by atoms with van der Waals surface area (Å²) in [4.78, 5) is 28.4. The zero-order valence-corrected chi connectivity index (χ0v) is 26.6. The first-order valence-corrected chi connectivity index (χ1v) is 16.1. The number of Topliss-reactive ketones (excluding diaryl/α,β-unsaturated/α-hetero) is 1. The van der Waals surface area contributed by atoms with E-state index < -0.39 is 29.3 Å². The van der Waals surface area contributed by atoms with Gasteiger partial charge in [-0.2, -0.15) is 0 Å². The molecule has 0 bridgehead atoms. The molecule has 0 saturated carbocycles. The van der Waals surface area contributed by atoms with Crippen LogP contribution in [-0.4, -0.2) is 27.0 Å². The van der Waals surface area contributed by atoms with Crippen LogP contribution < -0.4 is 9.64 Å². The average Bonchev–Trinajstić information content (AvgIpc) is 3.60. The fourth-order valence-corrected chi connectivity index (χ4v) is 7.18. The van der Waals surface area contributed by atoms with Gasteiger partial charge in [0.15, 0.2) is 4.34 Å². The first-order chi connectivity index (χ1) is 21.7. The molecule has 1 saturated heterocycles. The number of amides is 1. The van der Waals surface area contributed by atoms with Gasteiger partial charge in [-0.25, -0.2) is 4.39 Å². The van der Waals surface area contributed by atoms with Gasteiger partial charge >= 0.3 is 5.91 Å². The number of benzene rings is 4. The van der Waals surface area contributed by atoms with Crippen molar-refractivity contribution in [2.75, 3.05) is 4.90 Å². The summed E-state index contributed by atoms with van der Waals surface area (Å²) in [6, 6.07) is 24.2. The van der Waals surface area contributed by atoms with Crippen LogP contribution in [0.3, 0.4) is 0 Å². The second kappa shape index (κ2) is 13.0. The maximum absolute atomic E-state index is 14.5. The number of halogens is 3. The van der Waals surface area contributed by atoms with Gasteiger partial charge in [-0.3, -0.25) is 14.5 Å². The number of aryl methyl sites for hydroxylation is 1.